The summed E-state index contributed by atoms with van der Waals surface area (Å²) in [7, 11) is 0. The Balaban J connectivity index is 2.05. The summed E-state index contributed by atoms with van der Waals surface area (Å²) in [6.07, 6.45) is 5.62. The Kier molecular flexibility index (Phi) is 3.61. The SMILES string of the molecule is CC(C)(C)C1(N)N=Cc2c(N)ncc(C3CCOCC3)c2N1. The van der Waals surface area contributed by atoms with Gasteiger partial charge in [0.05, 0.1) is 11.3 Å². The molecular weight excluding hydrogens is 278 g/mol. The molecular formula is C16H25N5O. The first-order valence-corrected chi connectivity index (χ1v) is 7.80. The van der Waals surface area contributed by atoms with Crippen LogP contribution in [0.3, 0.4) is 0 Å². The molecule has 5 N–H and O–H groups in total. The molecule has 0 radical (unpaired) electrons. The van der Waals surface area contributed by atoms with E-state index >= 15 is 0 Å². The second-order valence-electron chi connectivity index (χ2n) is 7.17. The average Bonchev–Trinajstić information content (AvgIpc) is 2.47. The fourth-order valence-electron chi connectivity index (χ4n) is 2.92. The molecule has 3 rings (SSSR count). The van der Waals surface area contributed by atoms with Crippen LogP contribution in [0.1, 0.15) is 50.7 Å². The van der Waals surface area contributed by atoms with Crippen LogP contribution in [0.4, 0.5) is 11.5 Å². The zero-order valence-corrected chi connectivity index (χ0v) is 13.5. The van der Waals surface area contributed by atoms with Crippen LogP contribution in [0.5, 0.6) is 0 Å². The summed E-state index contributed by atoms with van der Waals surface area (Å²) in [6.45, 7) is 7.78. The third kappa shape index (κ3) is 2.46. The van der Waals surface area contributed by atoms with Crippen LogP contribution in [-0.2, 0) is 4.74 Å². The van der Waals surface area contributed by atoms with Crippen LogP contribution in [0.25, 0.3) is 0 Å². The smallest absolute Gasteiger partial charge is 0.187 e. The van der Waals surface area contributed by atoms with E-state index in [-0.39, 0.29) is 5.41 Å². The number of ether oxygens (including phenoxy) is 1. The van der Waals surface area contributed by atoms with Gasteiger partial charge < -0.3 is 15.8 Å². The summed E-state index contributed by atoms with van der Waals surface area (Å²) in [4.78, 5) is 8.86. The molecule has 0 saturated carbocycles. The van der Waals surface area contributed by atoms with Crippen molar-refractivity contribution in [2.24, 2.45) is 16.1 Å². The number of nitrogens with one attached hydrogen (secondary N) is 1. The van der Waals surface area contributed by atoms with Gasteiger partial charge in [-0.05, 0) is 24.3 Å². The van der Waals surface area contributed by atoms with Gasteiger partial charge in [-0.15, -0.1) is 0 Å². The molecule has 0 amide bonds. The van der Waals surface area contributed by atoms with Gasteiger partial charge in [0.25, 0.3) is 0 Å². The highest BCUT2D eigenvalue weighted by molar-refractivity contribution is 5.96. The molecule has 120 valence electrons. The van der Waals surface area contributed by atoms with Crippen molar-refractivity contribution in [1.29, 1.82) is 0 Å². The lowest BCUT2D eigenvalue weighted by atomic mass is 9.84. The number of nitrogen functional groups attached to an aromatic ring is 1. The number of anilines is 2. The van der Waals surface area contributed by atoms with E-state index < -0.39 is 5.79 Å². The average molecular weight is 303 g/mol. The van der Waals surface area contributed by atoms with Crippen LogP contribution in [-0.4, -0.2) is 30.2 Å². The van der Waals surface area contributed by atoms with Gasteiger partial charge in [-0.25, -0.2) is 9.98 Å². The van der Waals surface area contributed by atoms with Crippen molar-refractivity contribution >= 4 is 17.7 Å². The predicted molar refractivity (Wildman–Crippen MR) is 89.0 cm³/mol. The number of hydrogen-bond acceptors (Lipinski definition) is 6. The van der Waals surface area contributed by atoms with Crippen LogP contribution >= 0.6 is 0 Å². The highest BCUT2D eigenvalue weighted by Crippen LogP contribution is 2.41. The van der Waals surface area contributed by atoms with Gasteiger partial charge in [-0.1, -0.05) is 20.8 Å². The Labute approximate surface area is 131 Å². The predicted octanol–water partition coefficient (Wildman–Crippen LogP) is 2.06. The molecule has 1 unspecified atom stereocenters. The topological polar surface area (TPSA) is 98.5 Å². The van der Waals surface area contributed by atoms with Crippen LogP contribution in [0, 0.1) is 5.41 Å². The standard InChI is InChI=1S/C16H25N5O/c1-15(2,3)16(18)20-9-12-13(21-16)11(8-19-14(12)17)10-4-6-22-7-5-10/h8-10,21H,4-7,18H2,1-3H3,(H2,17,19). The Morgan fingerprint density at radius 2 is 2.00 bits per heavy atom. The van der Waals surface area contributed by atoms with Gasteiger partial charge in [0.2, 0.25) is 0 Å². The number of pyridine rings is 1. The van der Waals surface area contributed by atoms with E-state index in [9.17, 15) is 0 Å². The van der Waals surface area contributed by atoms with Crippen molar-refractivity contribution in [1.82, 2.24) is 4.98 Å². The Morgan fingerprint density at radius 1 is 1.32 bits per heavy atom. The van der Waals surface area contributed by atoms with E-state index in [1.807, 2.05) is 6.20 Å². The van der Waals surface area contributed by atoms with Crippen LogP contribution in [0.2, 0.25) is 0 Å². The van der Waals surface area contributed by atoms with Gasteiger partial charge >= 0.3 is 0 Å². The van der Waals surface area contributed by atoms with E-state index in [2.05, 4.69) is 36.1 Å². The second-order valence-corrected chi connectivity index (χ2v) is 7.17. The monoisotopic (exact) mass is 303 g/mol. The highest BCUT2D eigenvalue weighted by atomic mass is 16.5. The molecule has 3 heterocycles. The van der Waals surface area contributed by atoms with Gasteiger partial charge in [-0.2, -0.15) is 0 Å². The first kappa shape index (κ1) is 15.2. The van der Waals surface area contributed by atoms with Gasteiger partial charge in [-0.3, -0.25) is 5.73 Å². The number of nitrogens with zero attached hydrogens (tertiary/aromatic N) is 2. The van der Waals surface area contributed by atoms with Crippen molar-refractivity contribution in [2.75, 3.05) is 24.3 Å². The first-order chi connectivity index (χ1) is 10.3. The van der Waals surface area contributed by atoms with Crippen molar-refractivity contribution in [2.45, 2.75) is 45.3 Å². The summed E-state index contributed by atoms with van der Waals surface area (Å²) in [5, 5.41) is 3.44. The van der Waals surface area contributed by atoms with Gasteiger partial charge in [0.1, 0.15) is 5.82 Å². The molecule has 1 aromatic heterocycles. The third-order valence-electron chi connectivity index (χ3n) is 4.69. The second kappa shape index (κ2) is 5.21. The van der Waals surface area contributed by atoms with Crippen LogP contribution < -0.4 is 16.8 Å². The maximum absolute atomic E-state index is 6.50. The summed E-state index contributed by atoms with van der Waals surface area (Å²) in [5.74, 6) is 0.0464. The number of fused-ring (bicyclic) bond motifs is 1. The first-order valence-electron chi connectivity index (χ1n) is 7.80. The highest BCUT2D eigenvalue weighted by Gasteiger charge is 2.41. The Hall–Kier alpha value is -1.66. The summed E-state index contributed by atoms with van der Waals surface area (Å²) in [5.41, 5.74) is 15.3. The molecule has 1 saturated heterocycles. The van der Waals surface area contributed by atoms with Gasteiger partial charge in [0.15, 0.2) is 5.79 Å². The molecule has 6 heteroatoms. The van der Waals surface area contributed by atoms with E-state index in [1.165, 1.54) is 0 Å². The largest absolute Gasteiger partial charge is 0.383 e. The Morgan fingerprint density at radius 3 is 2.64 bits per heavy atom. The Bertz CT molecular complexity index is 601. The van der Waals surface area contributed by atoms with E-state index in [4.69, 9.17) is 16.2 Å². The molecule has 1 atom stereocenters. The fraction of sp³-hybridized carbons (Fsp3) is 0.625. The molecule has 6 nitrogen and oxygen atoms in total. The molecule has 22 heavy (non-hydrogen) atoms. The lowest BCUT2D eigenvalue weighted by Crippen LogP contribution is -2.57. The molecule has 0 aromatic carbocycles. The molecule has 2 aliphatic rings. The minimum Gasteiger partial charge on any atom is -0.383 e. The van der Waals surface area contributed by atoms with Crippen molar-refractivity contribution < 1.29 is 4.74 Å². The van der Waals surface area contributed by atoms with Crippen molar-refractivity contribution in [3.63, 3.8) is 0 Å². The third-order valence-corrected chi connectivity index (χ3v) is 4.69. The van der Waals surface area contributed by atoms with Crippen LogP contribution in [0.15, 0.2) is 11.2 Å². The molecule has 2 aliphatic heterocycles. The minimum atomic E-state index is -0.853. The maximum Gasteiger partial charge on any atom is 0.187 e. The van der Waals surface area contributed by atoms with Gasteiger partial charge in [0, 0.05) is 31.0 Å². The molecule has 1 aromatic rings. The zero-order valence-electron chi connectivity index (χ0n) is 13.5. The van der Waals surface area contributed by atoms with E-state index in [1.54, 1.807) is 6.21 Å². The number of hydrogen-bond donors (Lipinski definition) is 3. The van der Waals surface area contributed by atoms with Crippen molar-refractivity contribution in [3.05, 3.63) is 17.3 Å². The minimum absolute atomic E-state index is 0.230. The number of aromatic nitrogens is 1. The fourth-order valence-corrected chi connectivity index (χ4v) is 2.92. The molecule has 0 bridgehead atoms. The summed E-state index contributed by atoms with van der Waals surface area (Å²) in [6, 6.07) is 0. The number of aliphatic imine (C=N–C) groups is 1. The zero-order chi connectivity index (χ0) is 16.0. The molecule has 0 aliphatic carbocycles. The van der Waals surface area contributed by atoms with E-state index in [0.717, 1.165) is 42.9 Å². The summed E-state index contributed by atoms with van der Waals surface area (Å²) < 4.78 is 5.47. The number of rotatable bonds is 1. The molecule has 1 fully saturated rings. The summed E-state index contributed by atoms with van der Waals surface area (Å²) >= 11 is 0. The molecule has 0 spiro atoms. The van der Waals surface area contributed by atoms with E-state index in [0.29, 0.717) is 11.7 Å². The normalized spacial score (nSPS) is 25.6. The lowest BCUT2D eigenvalue weighted by Gasteiger charge is -2.42. The lowest BCUT2D eigenvalue weighted by molar-refractivity contribution is 0.0853. The quantitative estimate of drug-likeness (QED) is 0.737. The van der Waals surface area contributed by atoms with Crippen molar-refractivity contribution in [3.8, 4) is 0 Å². The maximum atomic E-state index is 6.50. The number of nitrogens with two attached hydrogens (primary N) is 2.